The summed E-state index contributed by atoms with van der Waals surface area (Å²) in [5.41, 5.74) is 7.40. The Kier molecular flexibility index (Phi) is 3.64. The average molecular weight is 303 g/mol. The van der Waals surface area contributed by atoms with Crippen molar-refractivity contribution in [2.75, 3.05) is 26.3 Å². The third-order valence-electron chi connectivity index (χ3n) is 5.02. The molecule has 0 aromatic carbocycles. The molecular weight excluding hydrogens is 282 g/mol. The van der Waals surface area contributed by atoms with Crippen molar-refractivity contribution in [3.63, 3.8) is 0 Å². The van der Waals surface area contributed by atoms with E-state index in [0.29, 0.717) is 38.3 Å². The molecule has 6 heteroatoms. The number of nitrogens with two attached hydrogens (primary N) is 1. The summed E-state index contributed by atoms with van der Waals surface area (Å²) in [6, 6.07) is 0. The molecule has 118 valence electrons. The lowest BCUT2D eigenvalue weighted by Gasteiger charge is -2.35. The van der Waals surface area contributed by atoms with Crippen LogP contribution in [0, 0.1) is 25.2 Å². The van der Waals surface area contributed by atoms with Crippen molar-refractivity contribution in [2.45, 2.75) is 20.3 Å². The zero-order valence-electron chi connectivity index (χ0n) is 13.0. The molecular formula is C16H21N3O3. The van der Waals surface area contributed by atoms with Gasteiger partial charge in [-0.1, -0.05) is 0 Å². The number of carbonyl (C=O) groups excluding carboxylic acids is 2. The van der Waals surface area contributed by atoms with Gasteiger partial charge in [0.05, 0.1) is 12.0 Å². The number of hydrogen-bond donors (Lipinski definition) is 1. The molecule has 0 aliphatic carbocycles. The van der Waals surface area contributed by atoms with Crippen LogP contribution in [0.4, 0.5) is 0 Å². The van der Waals surface area contributed by atoms with Gasteiger partial charge in [0, 0.05) is 43.6 Å². The van der Waals surface area contributed by atoms with E-state index in [1.54, 1.807) is 17.3 Å². The van der Waals surface area contributed by atoms with Gasteiger partial charge < -0.3 is 15.4 Å². The number of hydrogen-bond acceptors (Lipinski definition) is 4. The monoisotopic (exact) mass is 303 g/mol. The molecule has 0 saturated carbocycles. The van der Waals surface area contributed by atoms with Gasteiger partial charge in [-0.25, -0.2) is 0 Å². The summed E-state index contributed by atoms with van der Waals surface area (Å²) in [4.78, 5) is 30.8. The molecule has 1 aromatic heterocycles. The minimum absolute atomic E-state index is 0.00912. The molecule has 1 aromatic rings. The number of nitrogens with zero attached hydrogens (tertiary/aromatic N) is 2. The smallest absolute Gasteiger partial charge is 0.254 e. The Morgan fingerprint density at radius 2 is 2.05 bits per heavy atom. The molecule has 0 spiro atoms. The van der Waals surface area contributed by atoms with Crippen molar-refractivity contribution >= 4 is 11.8 Å². The van der Waals surface area contributed by atoms with Crippen LogP contribution in [0.1, 0.15) is 27.9 Å². The van der Waals surface area contributed by atoms with E-state index in [1.165, 1.54) is 0 Å². The van der Waals surface area contributed by atoms with Crippen molar-refractivity contribution in [1.82, 2.24) is 9.88 Å². The van der Waals surface area contributed by atoms with Crippen LogP contribution in [0.15, 0.2) is 12.4 Å². The van der Waals surface area contributed by atoms with Crippen LogP contribution < -0.4 is 5.73 Å². The van der Waals surface area contributed by atoms with Crippen molar-refractivity contribution in [3.8, 4) is 0 Å². The SMILES string of the molecule is Cc1cncc(C)c1C(=O)N1C[C@@H]2COCC[C@]2(C(N)=O)C1. The minimum atomic E-state index is -0.636. The van der Waals surface area contributed by atoms with Gasteiger partial charge in [0.2, 0.25) is 5.91 Å². The second-order valence-electron chi connectivity index (χ2n) is 6.38. The Bertz CT molecular complexity index is 611. The molecule has 3 heterocycles. The largest absolute Gasteiger partial charge is 0.381 e. The average Bonchev–Trinajstić information content (AvgIpc) is 2.88. The van der Waals surface area contributed by atoms with Crippen molar-refractivity contribution in [2.24, 2.45) is 17.1 Å². The maximum Gasteiger partial charge on any atom is 0.254 e. The highest BCUT2D eigenvalue weighted by Crippen LogP contribution is 2.42. The third kappa shape index (κ3) is 2.18. The fourth-order valence-corrected chi connectivity index (χ4v) is 3.70. The molecule has 0 radical (unpaired) electrons. The quantitative estimate of drug-likeness (QED) is 0.870. The summed E-state index contributed by atoms with van der Waals surface area (Å²) in [5, 5.41) is 0. The number of amides is 2. The molecule has 2 fully saturated rings. The van der Waals surface area contributed by atoms with E-state index in [1.807, 2.05) is 13.8 Å². The van der Waals surface area contributed by atoms with Gasteiger partial charge in [-0.15, -0.1) is 0 Å². The summed E-state index contributed by atoms with van der Waals surface area (Å²) >= 11 is 0. The van der Waals surface area contributed by atoms with E-state index in [4.69, 9.17) is 10.5 Å². The first kappa shape index (κ1) is 15.0. The number of aromatic nitrogens is 1. The van der Waals surface area contributed by atoms with Crippen LogP contribution in [-0.4, -0.2) is 48.0 Å². The van der Waals surface area contributed by atoms with E-state index in [-0.39, 0.29) is 17.7 Å². The number of likely N-dealkylation sites (tertiary alicyclic amines) is 1. The number of carbonyl (C=O) groups is 2. The second-order valence-corrected chi connectivity index (χ2v) is 6.38. The Hall–Kier alpha value is -1.95. The lowest BCUT2D eigenvalue weighted by molar-refractivity contribution is -0.135. The Balaban J connectivity index is 1.91. The van der Waals surface area contributed by atoms with E-state index < -0.39 is 5.41 Å². The van der Waals surface area contributed by atoms with Gasteiger partial charge >= 0.3 is 0 Å². The first-order chi connectivity index (χ1) is 10.5. The zero-order chi connectivity index (χ0) is 15.9. The lowest BCUT2D eigenvalue weighted by Crippen LogP contribution is -2.48. The summed E-state index contributed by atoms with van der Waals surface area (Å²) in [6.07, 6.45) is 3.97. The van der Waals surface area contributed by atoms with Crippen LogP contribution in [0.2, 0.25) is 0 Å². The maximum absolute atomic E-state index is 12.9. The molecule has 2 amide bonds. The number of fused-ring (bicyclic) bond motifs is 1. The van der Waals surface area contributed by atoms with E-state index >= 15 is 0 Å². The second kappa shape index (κ2) is 5.35. The lowest BCUT2D eigenvalue weighted by atomic mass is 9.74. The highest BCUT2D eigenvalue weighted by atomic mass is 16.5. The van der Waals surface area contributed by atoms with E-state index in [0.717, 1.165) is 11.1 Å². The Labute approximate surface area is 129 Å². The molecule has 2 saturated heterocycles. The standard InChI is InChI=1S/C16H21N3O3/c1-10-5-18-6-11(2)13(10)14(20)19-7-12-8-22-4-3-16(12,9-19)15(17)21/h5-6,12H,3-4,7-9H2,1-2H3,(H2,17,21)/t12-,16+/m1/s1. The maximum atomic E-state index is 12.9. The highest BCUT2D eigenvalue weighted by Gasteiger charge is 2.53. The molecule has 3 rings (SSSR count). The molecule has 2 N–H and O–H groups in total. The summed E-state index contributed by atoms with van der Waals surface area (Å²) < 4.78 is 5.48. The van der Waals surface area contributed by atoms with E-state index in [2.05, 4.69) is 4.98 Å². The number of rotatable bonds is 2. The zero-order valence-corrected chi connectivity index (χ0v) is 13.0. The van der Waals surface area contributed by atoms with E-state index in [9.17, 15) is 9.59 Å². The Morgan fingerprint density at radius 3 is 2.64 bits per heavy atom. The first-order valence-electron chi connectivity index (χ1n) is 7.54. The van der Waals surface area contributed by atoms with Gasteiger partial charge in [-0.3, -0.25) is 14.6 Å². The molecule has 2 aliphatic rings. The Morgan fingerprint density at radius 1 is 1.36 bits per heavy atom. The predicted octanol–water partition coefficient (Wildman–Crippen LogP) is 0.662. The first-order valence-corrected chi connectivity index (χ1v) is 7.54. The number of aryl methyl sites for hydroxylation is 2. The van der Waals surface area contributed by atoms with Crippen LogP contribution >= 0.6 is 0 Å². The van der Waals surface area contributed by atoms with Crippen molar-refractivity contribution in [3.05, 3.63) is 29.1 Å². The summed E-state index contributed by atoms with van der Waals surface area (Å²) in [5.74, 6) is -0.378. The molecule has 0 unspecified atom stereocenters. The highest BCUT2D eigenvalue weighted by molar-refractivity contribution is 5.98. The molecule has 6 nitrogen and oxygen atoms in total. The normalized spacial score (nSPS) is 27.5. The molecule has 0 bridgehead atoms. The number of primary amides is 1. The van der Waals surface area contributed by atoms with Crippen LogP contribution in [0.5, 0.6) is 0 Å². The molecule has 22 heavy (non-hydrogen) atoms. The van der Waals surface area contributed by atoms with Crippen LogP contribution in [0.25, 0.3) is 0 Å². The molecule has 2 atom stereocenters. The van der Waals surface area contributed by atoms with Crippen LogP contribution in [0.3, 0.4) is 0 Å². The minimum Gasteiger partial charge on any atom is -0.381 e. The fraction of sp³-hybridized carbons (Fsp3) is 0.562. The van der Waals surface area contributed by atoms with Crippen LogP contribution in [-0.2, 0) is 9.53 Å². The van der Waals surface area contributed by atoms with Crippen molar-refractivity contribution < 1.29 is 14.3 Å². The van der Waals surface area contributed by atoms with Crippen molar-refractivity contribution in [1.29, 1.82) is 0 Å². The molecule has 2 aliphatic heterocycles. The third-order valence-corrected chi connectivity index (χ3v) is 5.02. The van der Waals surface area contributed by atoms with Gasteiger partial charge in [0.25, 0.3) is 5.91 Å². The topological polar surface area (TPSA) is 85.5 Å². The number of ether oxygens (including phenoxy) is 1. The fourth-order valence-electron chi connectivity index (χ4n) is 3.70. The van der Waals surface area contributed by atoms with Gasteiger partial charge in [-0.2, -0.15) is 0 Å². The van der Waals surface area contributed by atoms with Gasteiger partial charge in [0.15, 0.2) is 0 Å². The predicted molar refractivity (Wildman–Crippen MR) is 80.2 cm³/mol. The summed E-state index contributed by atoms with van der Waals surface area (Å²) in [7, 11) is 0. The van der Waals surface area contributed by atoms with Gasteiger partial charge in [-0.05, 0) is 31.4 Å². The summed E-state index contributed by atoms with van der Waals surface area (Å²) in [6.45, 7) is 5.67. The number of pyridine rings is 1. The van der Waals surface area contributed by atoms with Gasteiger partial charge in [0.1, 0.15) is 0 Å².